The SMILES string of the molecule is O=C([O-])CCCCCCCCCCCNC(=O)c1ccc2c3c(ccc2c1)OC(c1ccccc1)(c1ccccc1)C=C3.[Na+]. The second kappa shape index (κ2) is 16.6. The number of nitrogens with one attached hydrogen (secondary N) is 1. The van der Waals surface area contributed by atoms with Gasteiger partial charge in [-0.05, 0) is 60.4 Å². The fraction of sp³-hybridized carbons (Fsp3) is 0.316. The number of amides is 1. The number of unbranched alkanes of at least 4 members (excludes halogenated alkanes) is 8. The Bertz CT molecular complexity index is 1510. The molecule has 5 rings (SSSR count). The maximum atomic E-state index is 12.9. The van der Waals surface area contributed by atoms with E-state index in [0.29, 0.717) is 12.1 Å². The Morgan fingerprint density at radius 1 is 0.705 bits per heavy atom. The van der Waals surface area contributed by atoms with Crippen molar-refractivity contribution in [3.05, 3.63) is 119 Å². The van der Waals surface area contributed by atoms with Gasteiger partial charge >= 0.3 is 29.6 Å². The third kappa shape index (κ3) is 8.41. The van der Waals surface area contributed by atoms with E-state index < -0.39 is 11.6 Å². The molecule has 1 aliphatic rings. The van der Waals surface area contributed by atoms with Gasteiger partial charge in [0.05, 0.1) is 0 Å². The molecule has 222 valence electrons. The Morgan fingerprint density at radius 3 is 1.91 bits per heavy atom. The van der Waals surface area contributed by atoms with E-state index >= 15 is 0 Å². The van der Waals surface area contributed by atoms with Crippen molar-refractivity contribution >= 4 is 28.7 Å². The average molecular weight is 598 g/mol. The molecule has 1 N–H and O–H groups in total. The second-order valence-electron chi connectivity index (χ2n) is 11.4. The van der Waals surface area contributed by atoms with E-state index in [1.165, 1.54) is 12.8 Å². The molecule has 0 spiro atoms. The molecule has 5 nitrogen and oxygen atoms in total. The summed E-state index contributed by atoms with van der Waals surface area (Å²) in [6, 6.07) is 30.5. The van der Waals surface area contributed by atoms with Crippen molar-refractivity contribution in [3.63, 3.8) is 0 Å². The number of ether oxygens (including phenoxy) is 1. The molecule has 1 amide bonds. The molecular weight excluding hydrogens is 557 g/mol. The van der Waals surface area contributed by atoms with Crippen LogP contribution in [0.5, 0.6) is 5.75 Å². The molecule has 4 aromatic carbocycles. The zero-order valence-corrected chi connectivity index (χ0v) is 27.7. The first-order chi connectivity index (χ1) is 21.1. The fourth-order valence-electron chi connectivity index (χ4n) is 5.93. The van der Waals surface area contributed by atoms with Crippen molar-refractivity contribution in [1.29, 1.82) is 0 Å². The van der Waals surface area contributed by atoms with Gasteiger partial charge in [-0.25, -0.2) is 0 Å². The molecule has 0 radical (unpaired) electrons. The topological polar surface area (TPSA) is 78.5 Å². The summed E-state index contributed by atoms with van der Waals surface area (Å²) in [5.41, 5.74) is 3.10. The maximum absolute atomic E-state index is 12.9. The predicted octanol–water partition coefficient (Wildman–Crippen LogP) is 4.57. The van der Waals surface area contributed by atoms with Crippen LogP contribution in [0.2, 0.25) is 0 Å². The molecular formula is C38H40NNaO4. The van der Waals surface area contributed by atoms with E-state index in [0.717, 1.165) is 78.2 Å². The van der Waals surface area contributed by atoms with E-state index in [1.807, 2.05) is 66.7 Å². The maximum Gasteiger partial charge on any atom is 1.00 e. The van der Waals surface area contributed by atoms with Gasteiger partial charge in [0.15, 0.2) is 5.60 Å². The number of hydrogen-bond donors (Lipinski definition) is 1. The molecule has 0 saturated carbocycles. The van der Waals surface area contributed by atoms with Crippen molar-refractivity contribution in [2.75, 3.05) is 6.54 Å². The van der Waals surface area contributed by atoms with Gasteiger partial charge in [-0.2, -0.15) is 0 Å². The molecule has 1 aliphatic heterocycles. The number of benzene rings is 4. The number of carboxylic acid groups (broad SMARTS) is 1. The van der Waals surface area contributed by atoms with Crippen molar-refractivity contribution in [3.8, 4) is 5.75 Å². The van der Waals surface area contributed by atoms with Crippen LogP contribution in [-0.2, 0) is 10.4 Å². The predicted molar refractivity (Wildman–Crippen MR) is 171 cm³/mol. The Kier molecular flexibility index (Phi) is 12.7. The summed E-state index contributed by atoms with van der Waals surface area (Å²) >= 11 is 0. The number of hydrogen-bond acceptors (Lipinski definition) is 4. The zero-order valence-electron chi connectivity index (χ0n) is 25.7. The fourth-order valence-corrected chi connectivity index (χ4v) is 5.93. The molecule has 0 fully saturated rings. The Hall–Kier alpha value is -3.38. The minimum atomic E-state index is -0.951. The molecule has 0 aromatic heterocycles. The summed E-state index contributed by atoms with van der Waals surface area (Å²) in [6.45, 7) is 0.669. The van der Waals surface area contributed by atoms with Crippen LogP contribution in [0.15, 0.2) is 97.1 Å². The van der Waals surface area contributed by atoms with Gasteiger partial charge in [-0.3, -0.25) is 4.79 Å². The third-order valence-electron chi connectivity index (χ3n) is 8.29. The van der Waals surface area contributed by atoms with Gasteiger partial charge in [0, 0.05) is 34.8 Å². The molecule has 0 atom stereocenters. The Morgan fingerprint density at radius 2 is 1.30 bits per heavy atom. The molecule has 6 heteroatoms. The largest absolute Gasteiger partial charge is 1.00 e. The monoisotopic (exact) mass is 597 g/mol. The van der Waals surface area contributed by atoms with Gasteiger partial charge in [0.25, 0.3) is 5.91 Å². The van der Waals surface area contributed by atoms with Crippen LogP contribution in [0.3, 0.4) is 0 Å². The minimum Gasteiger partial charge on any atom is -0.550 e. The summed E-state index contributed by atoms with van der Waals surface area (Å²) in [4.78, 5) is 23.3. The van der Waals surface area contributed by atoms with Crippen LogP contribution in [-0.4, -0.2) is 18.4 Å². The van der Waals surface area contributed by atoms with Crippen LogP contribution >= 0.6 is 0 Å². The standard InChI is InChI=1S/C38H41NO4.Na/c40-36(41)20-14-6-4-2-1-3-5-7-15-27-39-37(42)30-21-23-33-29(28-30)22-24-35-34(33)25-26-38(43-35,31-16-10-8-11-17-31)32-18-12-9-13-19-32;/h8-13,16-19,21-26,28H,1-7,14-15,20,27H2,(H,39,42)(H,40,41);/q;+1/p-1. The van der Waals surface area contributed by atoms with E-state index in [1.54, 1.807) is 0 Å². The summed E-state index contributed by atoms with van der Waals surface area (Å²) < 4.78 is 6.82. The van der Waals surface area contributed by atoms with Crippen LogP contribution in [0.25, 0.3) is 16.8 Å². The van der Waals surface area contributed by atoms with E-state index in [2.05, 4.69) is 41.7 Å². The van der Waals surface area contributed by atoms with E-state index in [9.17, 15) is 14.7 Å². The first-order valence-corrected chi connectivity index (χ1v) is 15.6. The summed E-state index contributed by atoms with van der Waals surface area (Å²) in [7, 11) is 0. The third-order valence-corrected chi connectivity index (χ3v) is 8.29. The number of carbonyl (C=O) groups is 2. The van der Waals surface area contributed by atoms with Crippen LogP contribution in [0.1, 0.15) is 91.3 Å². The van der Waals surface area contributed by atoms with Gasteiger partial charge < -0.3 is 20.0 Å². The Labute approximate surface area is 283 Å². The molecule has 0 unspecified atom stereocenters. The van der Waals surface area contributed by atoms with Crippen LogP contribution in [0.4, 0.5) is 0 Å². The van der Waals surface area contributed by atoms with Crippen molar-refractivity contribution < 1.29 is 49.0 Å². The number of carbonyl (C=O) groups excluding carboxylic acids is 2. The van der Waals surface area contributed by atoms with Crippen LogP contribution in [0, 0.1) is 0 Å². The zero-order chi connectivity index (χ0) is 29.9. The number of rotatable bonds is 15. The molecule has 0 saturated heterocycles. The quantitative estimate of drug-likeness (QED) is 0.161. The van der Waals surface area contributed by atoms with Gasteiger partial charge in [0.2, 0.25) is 0 Å². The van der Waals surface area contributed by atoms with E-state index in [-0.39, 0.29) is 41.9 Å². The van der Waals surface area contributed by atoms with Crippen molar-refractivity contribution in [2.24, 2.45) is 0 Å². The van der Waals surface area contributed by atoms with Crippen molar-refractivity contribution in [1.82, 2.24) is 5.32 Å². The van der Waals surface area contributed by atoms with Gasteiger partial charge in [0.1, 0.15) is 5.75 Å². The smallest absolute Gasteiger partial charge is 0.550 e. The van der Waals surface area contributed by atoms with E-state index in [4.69, 9.17) is 4.74 Å². The molecule has 1 heterocycles. The summed E-state index contributed by atoms with van der Waals surface area (Å²) in [5, 5.41) is 15.6. The molecule has 44 heavy (non-hydrogen) atoms. The first kappa shape index (κ1) is 33.5. The Balaban J connectivity index is 0.00000442. The number of fused-ring (bicyclic) bond motifs is 3. The summed E-state index contributed by atoms with van der Waals surface area (Å²) in [5.74, 6) is -0.181. The normalized spacial score (nSPS) is 13.0. The van der Waals surface area contributed by atoms with Crippen molar-refractivity contribution in [2.45, 2.75) is 69.8 Å². The molecule has 4 aromatic rings. The number of aliphatic carboxylic acids is 1. The minimum absolute atomic E-state index is 0. The van der Waals surface area contributed by atoms with Crippen LogP contribution < -0.4 is 44.7 Å². The number of carboxylic acids is 1. The van der Waals surface area contributed by atoms with Gasteiger partial charge in [-0.15, -0.1) is 0 Å². The molecule has 0 aliphatic carbocycles. The first-order valence-electron chi connectivity index (χ1n) is 15.6. The molecule has 0 bridgehead atoms. The second-order valence-corrected chi connectivity index (χ2v) is 11.4. The van der Waals surface area contributed by atoms with Gasteiger partial charge in [-0.1, -0.05) is 118 Å². The summed E-state index contributed by atoms with van der Waals surface area (Å²) in [6.07, 6.45) is 13.9. The average Bonchev–Trinajstić information content (AvgIpc) is 3.05.